The average molecular weight is 378 g/mol. The molecule has 1 aliphatic rings. The number of halogens is 3. The standard InChI is InChI=1S/C20H25F3N4/c1-25-19-7-4-17(12-14(19)13-24)26-16-2-5-18(6-3-16)27-10-8-15(9-11-27)20(21,22)23/h2-7,12,15,25-26H,8-11,13,24H2,1H3. The predicted octanol–water partition coefficient (Wildman–Crippen LogP) is 4.71. The van der Waals surface area contributed by atoms with E-state index in [4.69, 9.17) is 5.73 Å². The first-order chi connectivity index (χ1) is 12.9. The van der Waals surface area contributed by atoms with Crippen molar-refractivity contribution in [3.63, 3.8) is 0 Å². The lowest BCUT2D eigenvalue weighted by Gasteiger charge is -2.34. The molecule has 1 fully saturated rings. The lowest BCUT2D eigenvalue weighted by molar-refractivity contribution is -0.179. The maximum Gasteiger partial charge on any atom is 0.391 e. The summed E-state index contributed by atoms with van der Waals surface area (Å²) in [7, 11) is 1.86. The first-order valence-corrected chi connectivity index (χ1v) is 9.10. The Labute approximate surface area is 157 Å². The van der Waals surface area contributed by atoms with Crippen molar-refractivity contribution in [1.82, 2.24) is 0 Å². The highest BCUT2D eigenvalue weighted by atomic mass is 19.4. The van der Waals surface area contributed by atoms with Gasteiger partial charge in [0.25, 0.3) is 0 Å². The fraction of sp³-hybridized carbons (Fsp3) is 0.400. The molecule has 0 amide bonds. The molecule has 0 unspecified atom stereocenters. The number of benzene rings is 2. The Morgan fingerprint density at radius 3 is 2.22 bits per heavy atom. The van der Waals surface area contributed by atoms with Gasteiger partial charge < -0.3 is 21.3 Å². The number of hydrogen-bond donors (Lipinski definition) is 3. The lowest BCUT2D eigenvalue weighted by Crippen LogP contribution is -2.38. The summed E-state index contributed by atoms with van der Waals surface area (Å²) in [6, 6.07) is 13.7. The highest BCUT2D eigenvalue weighted by molar-refractivity contribution is 5.67. The van der Waals surface area contributed by atoms with E-state index in [-0.39, 0.29) is 12.8 Å². The van der Waals surface area contributed by atoms with E-state index in [1.807, 2.05) is 54.4 Å². The molecular formula is C20H25F3N4. The molecule has 0 aliphatic carbocycles. The molecule has 1 aliphatic heterocycles. The summed E-state index contributed by atoms with van der Waals surface area (Å²) >= 11 is 0. The van der Waals surface area contributed by atoms with Crippen LogP contribution in [0.5, 0.6) is 0 Å². The van der Waals surface area contributed by atoms with Gasteiger partial charge in [0.15, 0.2) is 0 Å². The molecular weight excluding hydrogens is 353 g/mol. The molecule has 0 atom stereocenters. The monoisotopic (exact) mass is 378 g/mol. The predicted molar refractivity (Wildman–Crippen MR) is 105 cm³/mol. The van der Waals surface area contributed by atoms with Gasteiger partial charge in [0.2, 0.25) is 0 Å². The molecule has 0 radical (unpaired) electrons. The van der Waals surface area contributed by atoms with E-state index in [1.54, 1.807) is 0 Å². The minimum absolute atomic E-state index is 0.156. The first-order valence-electron chi connectivity index (χ1n) is 9.10. The Kier molecular flexibility index (Phi) is 5.79. The first kappa shape index (κ1) is 19.4. The molecule has 0 bridgehead atoms. The smallest absolute Gasteiger partial charge is 0.388 e. The third-order valence-corrected chi connectivity index (χ3v) is 5.07. The second-order valence-corrected chi connectivity index (χ2v) is 6.80. The Morgan fingerprint density at radius 2 is 1.67 bits per heavy atom. The van der Waals surface area contributed by atoms with E-state index in [2.05, 4.69) is 10.6 Å². The van der Waals surface area contributed by atoms with Crippen LogP contribution in [0.15, 0.2) is 42.5 Å². The van der Waals surface area contributed by atoms with E-state index in [9.17, 15) is 13.2 Å². The van der Waals surface area contributed by atoms with E-state index in [0.717, 1.165) is 28.3 Å². The lowest BCUT2D eigenvalue weighted by atomic mass is 9.96. The Morgan fingerprint density at radius 1 is 1.04 bits per heavy atom. The Balaban J connectivity index is 1.63. The molecule has 4 N–H and O–H groups in total. The topological polar surface area (TPSA) is 53.3 Å². The van der Waals surface area contributed by atoms with Gasteiger partial charge in [-0.2, -0.15) is 13.2 Å². The van der Waals surface area contributed by atoms with Crippen LogP contribution >= 0.6 is 0 Å². The van der Waals surface area contributed by atoms with Gasteiger partial charge in [0, 0.05) is 49.4 Å². The number of nitrogens with two attached hydrogens (primary N) is 1. The van der Waals surface area contributed by atoms with E-state index in [1.165, 1.54) is 0 Å². The van der Waals surface area contributed by atoms with Crippen molar-refractivity contribution in [2.75, 3.05) is 35.7 Å². The third-order valence-electron chi connectivity index (χ3n) is 5.07. The van der Waals surface area contributed by atoms with Crippen molar-refractivity contribution in [1.29, 1.82) is 0 Å². The van der Waals surface area contributed by atoms with Crippen molar-refractivity contribution in [3.8, 4) is 0 Å². The van der Waals surface area contributed by atoms with Gasteiger partial charge in [-0.3, -0.25) is 0 Å². The second kappa shape index (κ2) is 8.08. The molecule has 2 aromatic carbocycles. The summed E-state index contributed by atoms with van der Waals surface area (Å²) in [5.41, 5.74) is 10.6. The van der Waals surface area contributed by atoms with Crippen LogP contribution in [0.2, 0.25) is 0 Å². The normalized spacial score (nSPS) is 15.7. The van der Waals surface area contributed by atoms with Gasteiger partial charge in [0.1, 0.15) is 0 Å². The Hall–Kier alpha value is -2.41. The summed E-state index contributed by atoms with van der Waals surface area (Å²) in [6.07, 6.45) is -3.77. The summed E-state index contributed by atoms with van der Waals surface area (Å²) in [4.78, 5) is 2.01. The fourth-order valence-electron chi connectivity index (χ4n) is 3.47. The van der Waals surface area contributed by atoms with Gasteiger partial charge in [-0.05, 0) is 60.9 Å². The van der Waals surface area contributed by atoms with Crippen molar-refractivity contribution in [3.05, 3.63) is 48.0 Å². The summed E-state index contributed by atoms with van der Waals surface area (Å²) in [6.45, 7) is 1.31. The van der Waals surface area contributed by atoms with Crippen molar-refractivity contribution in [2.45, 2.75) is 25.6 Å². The maximum atomic E-state index is 12.8. The highest BCUT2D eigenvalue weighted by Crippen LogP contribution is 2.35. The van der Waals surface area contributed by atoms with Crippen LogP contribution in [0, 0.1) is 5.92 Å². The number of anilines is 4. The van der Waals surface area contributed by atoms with Crippen LogP contribution in [-0.4, -0.2) is 26.3 Å². The number of nitrogens with zero attached hydrogens (tertiary/aromatic N) is 1. The molecule has 3 rings (SSSR count). The highest BCUT2D eigenvalue weighted by Gasteiger charge is 2.41. The van der Waals surface area contributed by atoms with Crippen molar-refractivity contribution < 1.29 is 13.2 Å². The number of hydrogen-bond acceptors (Lipinski definition) is 4. The number of alkyl halides is 3. The van der Waals surface area contributed by atoms with E-state index in [0.29, 0.717) is 19.6 Å². The molecule has 0 saturated carbocycles. The third kappa shape index (κ3) is 4.66. The zero-order chi connectivity index (χ0) is 19.4. The molecule has 4 nitrogen and oxygen atoms in total. The molecule has 0 spiro atoms. The number of piperidine rings is 1. The molecule has 7 heteroatoms. The van der Waals surface area contributed by atoms with Crippen LogP contribution in [0.4, 0.5) is 35.9 Å². The summed E-state index contributed by atoms with van der Waals surface area (Å²) in [5, 5.41) is 6.45. The molecule has 1 heterocycles. The van der Waals surface area contributed by atoms with E-state index < -0.39 is 12.1 Å². The average Bonchev–Trinajstić information content (AvgIpc) is 2.68. The summed E-state index contributed by atoms with van der Waals surface area (Å²) in [5.74, 6) is -1.17. The van der Waals surface area contributed by atoms with Gasteiger partial charge in [0.05, 0.1) is 5.92 Å². The largest absolute Gasteiger partial charge is 0.391 e. The number of nitrogens with one attached hydrogen (secondary N) is 2. The van der Waals surface area contributed by atoms with Crippen LogP contribution in [0.25, 0.3) is 0 Å². The fourth-order valence-corrected chi connectivity index (χ4v) is 3.47. The molecule has 2 aromatic rings. The van der Waals surface area contributed by atoms with Crippen LogP contribution < -0.4 is 21.3 Å². The minimum Gasteiger partial charge on any atom is -0.388 e. The minimum atomic E-state index is -4.08. The molecule has 146 valence electrons. The maximum absolute atomic E-state index is 12.8. The van der Waals surface area contributed by atoms with Crippen LogP contribution in [0.3, 0.4) is 0 Å². The Bertz CT molecular complexity index is 751. The SMILES string of the molecule is CNc1ccc(Nc2ccc(N3CCC(C(F)(F)F)CC3)cc2)cc1CN. The van der Waals surface area contributed by atoms with E-state index >= 15 is 0 Å². The number of rotatable bonds is 5. The van der Waals surface area contributed by atoms with Gasteiger partial charge in [-0.1, -0.05) is 0 Å². The zero-order valence-electron chi connectivity index (χ0n) is 15.3. The second-order valence-electron chi connectivity index (χ2n) is 6.80. The van der Waals surface area contributed by atoms with Gasteiger partial charge >= 0.3 is 6.18 Å². The van der Waals surface area contributed by atoms with Crippen LogP contribution in [0.1, 0.15) is 18.4 Å². The molecule has 1 saturated heterocycles. The van der Waals surface area contributed by atoms with Crippen molar-refractivity contribution >= 4 is 22.7 Å². The quantitative estimate of drug-likeness (QED) is 0.705. The molecule has 27 heavy (non-hydrogen) atoms. The van der Waals surface area contributed by atoms with Gasteiger partial charge in [-0.15, -0.1) is 0 Å². The van der Waals surface area contributed by atoms with Crippen molar-refractivity contribution in [2.24, 2.45) is 11.7 Å². The van der Waals surface area contributed by atoms with Crippen LogP contribution in [-0.2, 0) is 6.54 Å². The molecule has 0 aromatic heterocycles. The zero-order valence-corrected chi connectivity index (χ0v) is 15.3. The van der Waals surface area contributed by atoms with Gasteiger partial charge in [-0.25, -0.2) is 0 Å². The summed E-state index contributed by atoms with van der Waals surface area (Å²) < 4.78 is 38.4.